The van der Waals surface area contributed by atoms with E-state index in [-0.39, 0.29) is 32.1 Å². The average Bonchev–Trinajstić information content (AvgIpc) is 3.10. The van der Waals surface area contributed by atoms with Crippen LogP contribution in [0, 0.1) is 17.3 Å². The number of ether oxygens (including phenoxy) is 1. The average molecular weight is 417 g/mol. The van der Waals surface area contributed by atoms with Crippen molar-refractivity contribution in [3.05, 3.63) is 24.5 Å². The lowest BCUT2D eigenvalue weighted by Crippen LogP contribution is -2.44. The first kappa shape index (κ1) is 23.8. The molecular weight excluding hydrogens is 382 g/mol. The fraction of sp³-hybridized carbons (Fsp3) is 0.773. The summed E-state index contributed by atoms with van der Waals surface area (Å²) >= 11 is 0. The number of fused-ring (bicyclic) bond motifs is 1. The summed E-state index contributed by atoms with van der Waals surface area (Å²) in [6.07, 6.45) is 3.25. The number of hydrogen-bond donors (Lipinski definition) is 3. The predicted octanol–water partition coefficient (Wildman–Crippen LogP) is 4.29. The molecule has 0 aromatic heterocycles. The maximum Gasteiger partial charge on any atom is 0.310 e. The Morgan fingerprint density at radius 2 is 2.14 bits per heavy atom. The Morgan fingerprint density at radius 1 is 1.45 bits per heavy atom. The molecule has 2 fully saturated rings. The van der Waals surface area contributed by atoms with Crippen molar-refractivity contribution in [2.24, 2.45) is 17.3 Å². The zero-order valence-electron chi connectivity index (χ0n) is 17.3. The zero-order chi connectivity index (χ0) is 21.8. The Balaban J connectivity index is 2.27. The summed E-state index contributed by atoms with van der Waals surface area (Å²) in [4.78, 5) is 10.6. The van der Waals surface area contributed by atoms with Gasteiger partial charge >= 0.3 is 11.9 Å². The number of carboxylic acids is 1. The van der Waals surface area contributed by atoms with Gasteiger partial charge in [0.1, 0.15) is 6.10 Å². The van der Waals surface area contributed by atoms with Gasteiger partial charge < -0.3 is 20.1 Å². The first-order chi connectivity index (χ1) is 13.6. The molecule has 0 unspecified atom stereocenters. The van der Waals surface area contributed by atoms with Crippen molar-refractivity contribution in [2.45, 2.75) is 89.4 Å². The van der Waals surface area contributed by atoms with Crippen LogP contribution in [-0.4, -0.2) is 45.5 Å². The summed E-state index contributed by atoms with van der Waals surface area (Å²) in [6, 6.07) is 0. The summed E-state index contributed by atoms with van der Waals surface area (Å²) in [5.74, 6) is -6.48. The van der Waals surface area contributed by atoms with E-state index in [0.717, 1.165) is 12.8 Å². The molecule has 1 saturated heterocycles. The van der Waals surface area contributed by atoms with Gasteiger partial charge in [0.15, 0.2) is 5.76 Å². The molecule has 6 atom stereocenters. The lowest BCUT2D eigenvalue weighted by molar-refractivity contribution is -0.137. The fourth-order valence-corrected chi connectivity index (χ4v) is 5.10. The maximum absolute atomic E-state index is 15.3. The monoisotopic (exact) mass is 416 g/mol. The van der Waals surface area contributed by atoms with Crippen molar-refractivity contribution >= 4 is 5.97 Å². The molecule has 7 heteroatoms. The highest BCUT2D eigenvalue weighted by Crippen LogP contribution is 2.60. The van der Waals surface area contributed by atoms with Gasteiger partial charge in [-0.05, 0) is 37.2 Å². The number of carboxylic acid groups (broad SMARTS) is 1. The lowest BCUT2D eigenvalue weighted by Gasteiger charge is -2.42. The van der Waals surface area contributed by atoms with Crippen molar-refractivity contribution in [1.82, 2.24) is 0 Å². The van der Waals surface area contributed by atoms with Crippen LogP contribution in [0.1, 0.15) is 65.2 Å². The van der Waals surface area contributed by atoms with E-state index in [1.807, 2.05) is 13.8 Å². The van der Waals surface area contributed by atoms with Crippen LogP contribution in [0.3, 0.4) is 0 Å². The first-order valence-corrected chi connectivity index (χ1v) is 10.5. The van der Waals surface area contributed by atoms with Crippen LogP contribution in [0.15, 0.2) is 24.5 Å². The van der Waals surface area contributed by atoms with Crippen LogP contribution in [-0.2, 0) is 9.53 Å². The molecule has 1 heterocycles. The molecule has 0 radical (unpaired) electrons. The number of carbonyl (C=O) groups is 1. The fourth-order valence-electron chi connectivity index (χ4n) is 5.10. The second-order valence-corrected chi connectivity index (χ2v) is 8.75. The molecule has 2 aliphatic rings. The summed E-state index contributed by atoms with van der Waals surface area (Å²) in [6.45, 7) is 7.48. The highest BCUT2D eigenvalue weighted by Gasteiger charge is 2.67. The third-order valence-electron chi connectivity index (χ3n) is 6.48. The minimum atomic E-state index is -3.23. The predicted molar refractivity (Wildman–Crippen MR) is 105 cm³/mol. The van der Waals surface area contributed by atoms with E-state index in [1.54, 1.807) is 0 Å². The largest absolute Gasteiger partial charge is 0.488 e. The number of alkyl halides is 2. The number of allylic oxidation sites excluding steroid dienone is 2. The van der Waals surface area contributed by atoms with Gasteiger partial charge in [0.2, 0.25) is 0 Å². The van der Waals surface area contributed by atoms with Crippen LogP contribution < -0.4 is 0 Å². The van der Waals surface area contributed by atoms with E-state index >= 15 is 8.78 Å². The molecule has 0 amide bonds. The smallest absolute Gasteiger partial charge is 0.310 e. The zero-order valence-corrected chi connectivity index (χ0v) is 17.3. The topological polar surface area (TPSA) is 87.0 Å². The molecule has 0 aromatic rings. The van der Waals surface area contributed by atoms with Gasteiger partial charge in [-0.1, -0.05) is 32.8 Å². The van der Waals surface area contributed by atoms with E-state index in [0.29, 0.717) is 6.42 Å². The third-order valence-corrected chi connectivity index (χ3v) is 6.48. The standard InChI is InChI=1S/C22H34F2O5/c1-4-6-11-21(3,13-14(25)5-2)19-15(26)12-16-20(19)22(23,24)17(29-16)9-7-8-10-18(27)28/h5,9,14-16,19-20,25-26H,2,4,6-8,10-13H2,1,3H3,(H,27,28)/t14-,15+,16-,19+,20-,21-/m0/s1. The van der Waals surface area contributed by atoms with Crippen LogP contribution >= 0.6 is 0 Å². The second-order valence-electron chi connectivity index (χ2n) is 8.75. The number of aliphatic hydroxyl groups is 2. The number of rotatable bonds is 11. The van der Waals surface area contributed by atoms with Gasteiger partial charge in [-0.2, -0.15) is 8.78 Å². The van der Waals surface area contributed by atoms with E-state index in [1.165, 1.54) is 12.2 Å². The molecule has 2 rings (SSSR count). The minimum absolute atomic E-state index is 0.0852. The van der Waals surface area contributed by atoms with Crippen molar-refractivity contribution in [1.29, 1.82) is 0 Å². The number of unbranched alkanes of at least 4 members (excludes halogenated alkanes) is 2. The molecule has 29 heavy (non-hydrogen) atoms. The Labute approximate surface area is 171 Å². The molecule has 1 aliphatic carbocycles. The first-order valence-electron chi connectivity index (χ1n) is 10.5. The highest BCUT2D eigenvalue weighted by molar-refractivity contribution is 5.66. The lowest BCUT2D eigenvalue weighted by atomic mass is 9.64. The molecule has 0 spiro atoms. The minimum Gasteiger partial charge on any atom is -0.488 e. The van der Waals surface area contributed by atoms with E-state index in [9.17, 15) is 15.0 Å². The van der Waals surface area contributed by atoms with Crippen molar-refractivity contribution in [3.8, 4) is 0 Å². The normalized spacial score (nSPS) is 32.4. The Hall–Kier alpha value is -1.47. The van der Waals surface area contributed by atoms with Gasteiger partial charge in [-0.3, -0.25) is 4.79 Å². The summed E-state index contributed by atoms with van der Waals surface area (Å²) < 4.78 is 36.2. The highest BCUT2D eigenvalue weighted by atomic mass is 19.3. The quantitative estimate of drug-likeness (QED) is 0.345. The molecule has 0 aromatic carbocycles. The van der Waals surface area contributed by atoms with Crippen LogP contribution in [0.2, 0.25) is 0 Å². The van der Waals surface area contributed by atoms with Crippen LogP contribution in [0.4, 0.5) is 8.78 Å². The molecular formula is C22H34F2O5. The van der Waals surface area contributed by atoms with Crippen molar-refractivity contribution in [2.75, 3.05) is 0 Å². The summed E-state index contributed by atoms with van der Waals surface area (Å²) in [5.41, 5.74) is -0.687. The third kappa shape index (κ3) is 5.18. The Bertz CT molecular complexity index is 620. The van der Waals surface area contributed by atoms with E-state index in [4.69, 9.17) is 9.84 Å². The van der Waals surface area contributed by atoms with Crippen LogP contribution in [0.5, 0.6) is 0 Å². The van der Waals surface area contributed by atoms with Crippen molar-refractivity contribution in [3.63, 3.8) is 0 Å². The van der Waals surface area contributed by atoms with Crippen LogP contribution in [0.25, 0.3) is 0 Å². The van der Waals surface area contributed by atoms with Crippen molar-refractivity contribution < 1.29 is 33.6 Å². The second kappa shape index (κ2) is 9.56. The molecule has 0 bridgehead atoms. The molecule has 1 aliphatic heterocycles. The Kier molecular flexibility index (Phi) is 7.85. The molecule has 1 saturated carbocycles. The van der Waals surface area contributed by atoms with Gasteiger partial charge in [0.05, 0.1) is 18.1 Å². The number of hydrogen-bond acceptors (Lipinski definition) is 4. The SMILES string of the molecule is C=C[C@H](O)C[C@](C)(CCCC)[C@H]1[C@@H]2[C@H](C[C@H]1O)OC(=CCCCC(=O)O)C2(F)F. The summed E-state index contributed by atoms with van der Waals surface area (Å²) in [5, 5.41) is 29.6. The number of halogens is 2. The van der Waals surface area contributed by atoms with Gasteiger partial charge in [0.25, 0.3) is 0 Å². The van der Waals surface area contributed by atoms with Gasteiger partial charge in [-0.15, -0.1) is 6.58 Å². The van der Waals surface area contributed by atoms with Gasteiger partial charge in [-0.25, -0.2) is 0 Å². The molecule has 3 N–H and O–H groups in total. The van der Waals surface area contributed by atoms with Gasteiger partial charge in [0, 0.05) is 18.8 Å². The number of aliphatic hydroxyl groups excluding tert-OH is 2. The van der Waals surface area contributed by atoms with E-state index in [2.05, 4.69) is 6.58 Å². The molecule has 166 valence electrons. The summed E-state index contributed by atoms with van der Waals surface area (Å²) in [7, 11) is 0. The Morgan fingerprint density at radius 3 is 2.72 bits per heavy atom. The molecule has 5 nitrogen and oxygen atoms in total. The number of aliphatic carboxylic acids is 1. The van der Waals surface area contributed by atoms with E-state index < -0.39 is 53.2 Å². The maximum atomic E-state index is 15.3.